The minimum atomic E-state index is 0.0321. The van der Waals surface area contributed by atoms with Gasteiger partial charge >= 0.3 is 0 Å². The monoisotopic (exact) mass is 242 g/mol. The van der Waals surface area contributed by atoms with Gasteiger partial charge < -0.3 is 15.0 Å². The number of hydrogen-bond donors (Lipinski definition) is 1. The molecule has 1 atom stereocenters. The number of rotatable bonds is 6. The highest BCUT2D eigenvalue weighted by atomic mass is 16.2. The number of carbonyl (C=O) groups excluding carboxylic acids is 2. The van der Waals surface area contributed by atoms with E-state index in [-0.39, 0.29) is 23.1 Å². The first-order valence-electron chi connectivity index (χ1n) is 6.09. The van der Waals surface area contributed by atoms with Gasteiger partial charge in [0, 0.05) is 32.5 Å². The molecule has 1 amide bonds. The highest BCUT2D eigenvalue weighted by Crippen LogP contribution is 2.19. The van der Waals surface area contributed by atoms with Crippen LogP contribution in [0, 0.1) is 5.41 Å². The first-order valence-corrected chi connectivity index (χ1v) is 6.09. The Hall–Kier alpha value is -0.900. The number of nitrogens with zero attached hydrogens (tertiary/aromatic N) is 1. The Morgan fingerprint density at radius 1 is 1.24 bits per heavy atom. The van der Waals surface area contributed by atoms with Gasteiger partial charge in [-0.2, -0.15) is 0 Å². The molecule has 4 nitrogen and oxygen atoms in total. The van der Waals surface area contributed by atoms with Gasteiger partial charge in [0.2, 0.25) is 5.91 Å². The van der Waals surface area contributed by atoms with Crippen molar-refractivity contribution in [1.29, 1.82) is 0 Å². The third-order valence-electron chi connectivity index (χ3n) is 2.97. The van der Waals surface area contributed by atoms with E-state index in [0.29, 0.717) is 19.4 Å². The molecule has 0 rings (SSSR count). The number of nitrogens with one attached hydrogen (secondary N) is 1. The second kappa shape index (κ2) is 6.74. The highest BCUT2D eigenvalue weighted by molar-refractivity contribution is 5.83. The molecular formula is C13H26N2O2. The molecular weight excluding hydrogens is 216 g/mol. The Bertz CT molecular complexity index is 269. The highest BCUT2D eigenvalue weighted by Gasteiger charge is 2.25. The molecule has 0 spiro atoms. The molecule has 0 aliphatic heterocycles. The SMILES string of the molecule is CNC(CN(C)C(=O)CCC(C)=O)C(C)(C)C. The topological polar surface area (TPSA) is 49.4 Å². The van der Waals surface area contributed by atoms with E-state index in [0.717, 1.165) is 0 Å². The van der Waals surface area contributed by atoms with E-state index in [2.05, 4.69) is 26.1 Å². The van der Waals surface area contributed by atoms with Crippen LogP contribution in [0.2, 0.25) is 0 Å². The summed E-state index contributed by atoms with van der Waals surface area (Å²) in [7, 11) is 3.70. The summed E-state index contributed by atoms with van der Waals surface area (Å²) in [5, 5.41) is 3.23. The summed E-state index contributed by atoms with van der Waals surface area (Å²) in [5.74, 6) is 0.0948. The molecule has 0 saturated carbocycles. The van der Waals surface area contributed by atoms with E-state index in [1.807, 2.05) is 7.05 Å². The van der Waals surface area contributed by atoms with Crippen LogP contribution in [-0.2, 0) is 9.59 Å². The predicted octanol–water partition coefficient (Wildman–Crippen LogP) is 1.45. The van der Waals surface area contributed by atoms with Crippen molar-refractivity contribution in [3.05, 3.63) is 0 Å². The molecule has 0 aromatic carbocycles. The Morgan fingerprint density at radius 3 is 2.12 bits per heavy atom. The van der Waals surface area contributed by atoms with Gasteiger partial charge in [-0.3, -0.25) is 4.79 Å². The van der Waals surface area contributed by atoms with Crippen LogP contribution in [0.3, 0.4) is 0 Å². The third-order valence-corrected chi connectivity index (χ3v) is 2.97. The Balaban J connectivity index is 4.27. The summed E-state index contributed by atoms with van der Waals surface area (Å²) in [6, 6.07) is 0.244. The number of hydrogen-bond acceptors (Lipinski definition) is 3. The van der Waals surface area contributed by atoms with Crippen LogP contribution in [0.1, 0.15) is 40.5 Å². The van der Waals surface area contributed by atoms with Gasteiger partial charge in [0.15, 0.2) is 0 Å². The second-order valence-corrected chi connectivity index (χ2v) is 5.68. The van der Waals surface area contributed by atoms with Gasteiger partial charge in [-0.25, -0.2) is 0 Å². The zero-order valence-electron chi connectivity index (χ0n) is 12.0. The average molecular weight is 242 g/mol. The molecule has 100 valence electrons. The van der Waals surface area contributed by atoms with Crippen molar-refractivity contribution in [2.24, 2.45) is 5.41 Å². The number of amides is 1. The fourth-order valence-electron chi connectivity index (χ4n) is 1.65. The van der Waals surface area contributed by atoms with Gasteiger partial charge in [0.1, 0.15) is 5.78 Å². The minimum absolute atomic E-state index is 0.0321. The van der Waals surface area contributed by atoms with Crippen LogP contribution < -0.4 is 5.32 Å². The molecule has 0 aliphatic carbocycles. The van der Waals surface area contributed by atoms with Crippen molar-refractivity contribution in [3.8, 4) is 0 Å². The fourth-order valence-corrected chi connectivity index (χ4v) is 1.65. The van der Waals surface area contributed by atoms with Crippen LogP contribution in [0.4, 0.5) is 0 Å². The first kappa shape index (κ1) is 16.1. The van der Waals surface area contributed by atoms with E-state index in [9.17, 15) is 9.59 Å². The molecule has 0 fully saturated rings. The third kappa shape index (κ3) is 6.41. The Morgan fingerprint density at radius 2 is 1.76 bits per heavy atom. The molecule has 0 heterocycles. The molecule has 0 bridgehead atoms. The number of ketones is 1. The van der Waals surface area contributed by atoms with E-state index >= 15 is 0 Å². The maximum absolute atomic E-state index is 11.8. The lowest BCUT2D eigenvalue weighted by Crippen LogP contribution is -2.47. The van der Waals surface area contributed by atoms with Crippen molar-refractivity contribution in [2.75, 3.05) is 20.6 Å². The van der Waals surface area contributed by atoms with Crippen LogP contribution in [0.25, 0.3) is 0 Å². The van der Waals surface area contributed by atoms with E-state index in [1.165, 1.54) is 6.92 Å². The molecule has 4 heteroatoms. The lowest BCUT2D eigenvalue weighted by molar-refractivity contribution is -0.132. The van der Waals surface area contributed by atoms with E-state index in [1.54, 1.807) is 11.9 Å². The number of Topliss-reactive ketones (excluding diaryl/α,β-unsaturated/α-hetero) is 1. The van der Waals surface area contributed by atoms with E-state index in [4.69, 9.17) is 0 Å². The van der Waals surface area contributed by atoms with Gasteiger partial charge in [-0.05, 0) is 19.4 Å². The lowest BCUT2D eigenvalue weighted by Gasteiger charge is -2.33. The van der Waals surface area contributed by atoms with Crippen molar-refractivity contribution < 1.29 is 9.59 Å². The molecule has 1 unspecified atom stereocenters. The van der Waals surface area contributed by atoms with Crippen molar-refractivity contribution in [3.63, 3.8) is 0 Å². The normalized spacial score (nSPS) is 13.3. The van der Waals surface area contributed by atoms with Gasteiger partial charge in [0.25, 0.3) is 0 Å². The molecule has 0 aromatic heterocycles. The van der Waals surface area contributed by atoms with Gasteiger partial charge in [0.05, 0.1) is 0 Å². The summed E-state index contributed by atoms with van der Waals surface area (Å²) >= 11 is 0. The fraction of sp³-hybridized carbons (Fsp3) is 0.846. The quantitative estimate of drug-likeness (QED) is 0.767. The summed E-state index contributed by atoms with van der Waals surface area (Å²) in [5.41, 5.74) is 0.101. The van der Waals surface area contributed by atoms with Gasteiger partial charge in [-0.15, -0.1) is 0 Å². The van der Waals surface area contributed by atoms with Crippen LogP contribution in [-0.4, -0.2) is 43.3 Å². The Kier molecular flexibility index (Phi) is 6.39. The number of likely N-dealkylation sites (N-methyl/N-ethyl adjacent to an activating group) is 2. The molecule has 0 aromatic rings. The molecule has 0 saturated heterocycles. The molecule has 0 aliphatic rings. The predicted molar refractivity (Wildman–Crippen MR) is 69.9 cm³/mol. The molecule has 1 N–H and O–H groups in total. The molecule has 17 heavy (non-hydrogen) atoms. The minimum Gasteiger partial charge on any atom is -0.344 e. The van der Waals surface area contributed by atoms with Crippen LogP contribution in [0.5, 0.6) is 0 Å². The largest absolute Gasteiger partial charge is 0.344 e. The zero-order valence-corrected chi connectivity index (χ0v) is 12.0. The van der Waals surface area contributed by atoms with Crippen molar-refractivity contribution >= 4 is 11.7 Å². The maximum Gasteiger partial charge on any atom is 0.222 e. The van der Waals surface area contributed by atoms with Gasteiger partial charge in [-0.1, -0.05) is 20.8 Å². The summed E-state index contributed by atoms with van der Waals surface area (Å²) < 4.78 is 0. The lowest BCUT2D eigenvalue weighted by atomic mass is 9.86. The van der Waals surface area contributed by atoms with Crippen LogP contribution in [0.15, 0.2) is 0 Å². The summed E-state index contributed by atoms with van der Waals surface area (Å²) in [4.78, 5) is 24.3. The smallest absolute Gasteiger partial charge is 0.222 e. The standard InChI is InChI=1S/C13H26N2O2/c1-10(16)7-8-12(17)15(6)9-11(14-5)13(2,3)4/h11,14H,7-9H2,1-6H3. The Labute approximate surface area is 105 Å². The van der Waals surface area contributed by atoms with Crippen molar-refractivity contribution in [2.45, 2.75) is 46.6 Å². The first-order chi connectivity index (χ1) is 7.68. The average Bonchev–Trinajstić information content (AvgIpc) is 2.20. The van der Waals surface area contributed by atoms with Crippen molar-refractivity contribution in [1.82, 2.24) is 10.2 Å². The van der Waals surface area contributed by atoms with Crippen LogP contribution >= 0.6 is 0 Å². The second-order valence-electron chi connectivity index (χ2n) is 5.68. The summed E-state index contributed by atoms with van der Waals surface area (Å²) in [6.07, 6.45) is 0.648. The summed E-state index contributed by atoms with van der Waals surface area (Å²) in [6.45, 7) is 8.60. The maximum atomic E-state index is 11.8. The molecule has 0 radical (unpaired) electrons. The number of carbonyl (C=O) groups is 2. The zero-order chi connectivity index (χ0) is 13.6. The van der Waals surface area contributed by atoms with E-state index < -0.39 is 0 Å².